The molecule has 0 spiro atoms. The number of rotatable bonds is 6. The number of aromatic nitrogens is 3. The number of aliphatic hydroxyl groups is 1. The highest BCUT2D eigenvalue weighted by Crippen LogP contribution is 2.50. The standard InChI is InChI=1S/C40H43F2N5O6/c1-3-26-29(41)9-7-23-16-24(48)17-27(32(23)26)34-33(42)35-28(18-43-34)36(46-14-15-50-21-39(2,49)20-46)45-38(44-35)52-22-40-11-4-6-31(40)47(13-5-12-40)30-10-8-25-19-51-37(30)53-25/h1,7,9,16-18,25,30-31,37,48-49H,4-6,8,10-15,19-22H2,2H3/t25-,30?,31+,37+,39-,40+/m0/s1. The molecule has 6 heterocycles. The van der Waals surface area contributed by atoms with E-state index in [2.05, 4.69) is 20.8 Å². The summed E-state index contributed by atoms with van der Waals surface area (Å²) in [5.74, 6) is 1.12. The van der Waals surface area contributed by atoms with E-state index >= 15 is 4.39 Å². The molecule has 2 N–H and O–H groups in total. The Morgan fingerprint density at radius 2 is 1.98 bits per heavy atom. The van der Waals surface area contributed by atoms with E-state index in [4.69, 9.17) is 30.4 Å². The highest BCUT2D eigenvalue weighted by atomic mass is 19.1. The average Bonchev–Trinajstić information content (AvgIpc) is 3.70. The summed E-state index contributed by atoms with van der Waals surface area (Å²) in [6, 6.07) is 5.95. The maximum absolute atomic E-state index is 17.1. The molecule has 6 atom stereocenters. The summed E-state index contributed by atoms with van der Waals surface area (Å²) in [6.45, 7) is 4.66. The summed E-state index contributed by atoms with van der Waals surface area (Å²) in [7, 11) is 0. The van der Waals surface area contributed by atoms with Crippen LogP contribution in [0.1, 0.15) is 57.4 Å². The highest BCUT2D eigenvalue weighted by molar-refractivity contribution is 6.03. The van der Waals surface area contributed by atoms with E-state index < -0.39 is 17.2 Å². The van der Waals surface area contributed by atoms with Gasteiger partial charge in [-0.2, -0.15) is 9.97 Å². The van der Waals surface area contributed by atoms with Crippen LogP contribution in [0.25, 0.3) is 32.9 Å². The third kappa shape index (κ3) is 6.05. The minimum absolute atomic E-state index is 0.00426. The number of benzene rings is 2. The first-order chi connectivity index (χ1) is 25.6. The zero-order chi connectivity index (χ0) is 36.5. The molecule has 1 aliphatic carbocycles. The van der Waals surface area contributed by atoms with Crippen LogP contribution in [0.2, 0.25) is 0 Å². The largest absolute Gasteiger partial charge is 0.508 e. The molecule has 11 nitrogen and oxygen atoms in total. The topological polar surface area (TPSA) is 123 Å². The molecule has 0 radical (unpaired) electrons. The smallest absolute Gasteiger partial charge is 0.319 e. The average molecular weight is 728 g/mol. The van der Waals surface area contributed by atoms with Crippen LogP contribution in [0.15, 0.2) is 30.5 Å². The van der Waals surface area contributed by atoms with Gasteiger partial charge in [0.1, 0.15) is 34.2 Å². The van der Waals surface area contributed by atoms with Crippen molar-refractivity contribution in [3.63, 3.8) is 0 Å². The second kappa shape index (κ2) is 13.3. The summed E-state index contributed by atoms with van der Waals surface area (Å²) >= 11 is 0. The van der Waals surface area contributed by atoms with Crippen LogP contribution in [-0.2, 0) is 14.2 Å². The van der Waals surface area contributed by atoms with Crippen LogP contribution < -0.4 is 9.64 Å². The maximum atomic E-state index is 17.1. The molecule has 4 aliphatic heterocycles. The Hall–Kier alpha value is -4.19. The molecule has 13 heteroatoms. The van der Waals surface area contributed by atoms with Gasteiger partial charge in [-0.1, -0.05) is 18.4 Å². The Balaban J connectivity index is 1.12. The van der Waals surface area contributed by atoms with Gasteiger partial charge in [0.25, 0.3) is 0 Å². The number of phenolic OH excluding ortho intramolecular Hbond substituents is 1. The van der Waals surface area contributed by atoms with Crippen LogP contribution >= 0.6 is 0 Å². The number of pyridine rings is 1. The molecule has 5 aliphatic rings. The Bertz CT molecular complexity index is 2130. The summed E-state index contributed by atoms with van der Waals surface area (Å²) < 4.78 is 56.6. The van der Waals surface area contributed by atoms with Crippen molar-refractivity contribution in [1.29, 1.82) is 0 Å². The zero-order valence-electron chi connectivity index (χ0n) is 29.7. The van der Waals surface area contributed by atoms with Crippen LogP contribution in [0.4, 0.5) is 14.6 Å². The molecule has 9 rings (SSSR count). The van der Waals surface area contributed by atoms with Gasteiger partial charge < -0.3 is 34.1 Å². The van der Waals surface area contributed by atoms with Gasteiger partial charge in [-0.15, -0.1) is 6.42 Å². The molecule has 2 bridgehead atoms. The number of nitrogens with zero attached hydrogens (tertiary/aromatic N) is 5. The minimum atomic E-state index is -1.20. The van der Waals surface area contributed by atoms with Crippen LogP contribution in [0.5, 0.6) is 11.8 Å². The second-order valence-corrected chi connectivity index (χ2v) is 15.6. The number of halogens is 2. The van der Waals surface area contributed by atoms with E-state index in [1.807, 2.05) is 4.90 Å². The van der Waals surface area contributed by atoms with Crippen molar-refractivity contribution in [3.8, 4) is 35.4 Å². The quantitative estimate of drug-likeness (QED) is 0.251. The molecule has 2 aromatic carbocycles. The fraction of sp³-hybridized carbons (Fsp3) is 0.525. The van der Waals surface area contributed by atoms with Crippen molar-refractivity contribution in [2.24, 2.45) is 5.41 Å². The normalized spacial score (nSPS) is 30.4. The lowest BCUT2D eigenvalue weighted by atomic mass is 9.74. The van der Waals surface area contributed by atoms with Gasteiger partial charge in [-0.05, 0) is 75.6 Å². The lowest BCUT2D eigenvalue weighted by Gasteiger charge is -2.50. The number of likely N-dealkylation sites (tertiary alicyclic amines) is 1. The van der Waals surface area contributed by atoms with Gasteiger partial charge in [0, 0.05) is 35.1 Å². The predicted octanol–water partition coefficient (Wildman–Crippen LogP) is 5.32. The summed E-state index contributed by atoms with van der Waals surface area (Å²) in [4.78, 5) is 18.5. The third-order valence-corrected chi connectivity index (χ3v) is 12.0. The van der Waals surface area contributed by atoms with E-state index in [0.717, 1.165) is 51.5 Å². The van der Waals surface area contributed by atoms with E-state index in [9.17, 15) is 14.6 Å². The predicted molar refractivity (Wildman–Crippen MR) is 193 cm³/mol. The Morgan fingerprint density at radius 3 is 2.85 bits per heavy atom. The fourth-order valence-corrected chi connectivity index (χ4v) is 9.63. The van der Waals surface area contributed by atoms with Gasteiger partial charge in [0.2, 0.25) is 0 Å². The molecule has 4 aromatic rings. The van der Waals surface area contributed by atoms with Crippen LogP contribution in [-0.4, -0.2) is 106 Å². The molecule has 278 valence electrons. The number of fused-ring (bicyclic) bond motifs is 5. The first-order valence-electron chi connectivity index (χ1n) is 18.6. The fourth-order valence-electron chi connectivity index (χ4n) is 9.63. The number of piperidine rings is 1. The monoisotopic (exact) mass is 727 g/mol. The Morgan fingerprint density at radius 1 is 1.11 bits per heavy atom. The lowest BCUT2D eigenvalue weighted by Crippen LogP contribution is -2.59. The Labute approximate surface area is 306 Å². The van der Waals surface area contributed by atoms with Crippen molar-refractivity contribution in [1.82, 2.24) is 19.9 Å². The number of anilines is 1. The second-order valence-electron chi connectivity index (χ2n) is 15.6. The number of β-amino-alcohol motifs (C(OH)–C–C–N with tert-alkyl or cyclic N) is 1. The van der Waals surface area contributed by atoms with Crippen LogP contribution in [0, 0.1) is 29.4 Å². The molecular weight excluding hydrogens is 684 g/mol. The molecule has 1 saturated carbocycles. The molecule has 0 amide bonds. The van der Waals surface area contributed by atoms with Crippen molar-refractivity contribution < 1.29 is 37.9 Å². The van der Waals surface area contributed by atoms with Gasteiger partial charge in [0.15, 0.2) is 12.1 Å². The number of hydrogen-bond donors (Lipinski definition) is 2. The summed E-state index contributed by atoms with van der Waals surface area (Å²) in [5, 5.41) is 22.7. The Kier molecular flexibility index (Phi) is 8.66. The van der Waals surface area contributed by atoms with Crippen molar-refractivity contribution >= 4 is 27.5 Å². The molecular formula is C40H43F2N5O6. The number of hydrogen-bond acceptors (Lipinski definition) is 11. The van der Waals surface area contributed by atoms with Gasteiger partial charge >= 0.3 is 6.01 Å². The third-order valence-electron chi connectivity index (χ3n) is 12.0. The van der Waals surface area contributed by atoms with E-state index in [1.165, 1.54) is 30.5 Å². The highest BCUT2D eigenvalue weighted by Gasteiger charge is 2.53. The van der Waals surface area contributed by atoms with E-state index in [0.29, 0.717) is 43.0 Å². The van der Waals surface area contributed by atoms with Gasteiger partial charge in [0.05, 0.1) is 56.1 Å². The number of aromatic hydroxyl groups is 1. The van der Waals surface area contributed by atoms with E-state index in [1.54, 1.807) is 6.92 Å². The molecule has 5 fully saturated rings. The number of ether oxygens (including phenoxy) is 4. The lowest BCUT2D eigenvalue weighted by molar-refractivity contribution is -0.157. The van der Waals surface area contributed by atoms with Gasteiger partial charge in [-0.25, -0.2) is 8.78 Å². The van der Waals surface area contributed by atoms with Crippen LogP contribution in [0.3, 0.4) is 0 Å². The van der Waals surface area contributed by atoms with Gasteiger partial charge in [-0.3, -0.25) is 9.88 Å². The van der Waals surface area contributed by atoms with Crippen molar-refractivity contribution in [2.45, 2.75) is 81.9 Å². The maximum Gasteiger partial charge on any atom is 0.319 e. The zero-order valence-corrected chi connectivity index (χ0v) is 29.7. The molecule has 1 unspecified atom stereocenters. The van der Waals surface area contributed by atoms with E-state index in [-0.39, 0.29) is 82.5 Å². The molecule has 2 aromatic heterocycles. The SMILES string of the molecule is C#Cc1c(F)ccc2cc(O)cc(-c3ncc4c(N5CCOC[C@@](C)(O)C5)nc(OC[C@]56CCC[C@H]5N(C5CC[C@H]7CO[C@@H]5O7)CCC6)nc4c3F)c12. The minimum Gasteiger partial charge on any atom is -0.508 e. The summed E-state index contributed by atoms with van der Waals surface area (Å²) in [6.07, 6.45) is 14.3. The first kappa shape index (κ1) is 34.6. The molecule has 53 heavy (non-hydrogen) atoms. The van der Waals surface area contributed by atoms with Crippen molar-refractivity contribution in [3.05, 3.63) is 47.7 Å². The van der Waals surface area contributed by atoms with Crippen molar-refractivity contribution in [2.75, 3.05) is 51.0 Å². The molecule has 4 saturated heterocycles. The first-order valence-corrected chi connectivity index (χ1v) is 18.6. The number of phenols is 1. The number of terminal acetylenes is 1. The summed E-state index contributed by atoms with van der Waals surface area (Å²) in [5.41, 5.74) is -1.52.